The van der Waals surface area contributed by atoms with E-state index in [9.17, 15) is 13.6 Å². The number of hydrogen-bond acceptors (Lipinski definition) is 8. The second-order valence-electron chi connectivity index (χ2n) is 8.40. The van der Waals surface area contributed by atoms with Gasteiger partial charge in [-0.1, -0.05) is 0 Å². The minimum atomic E-state index is -2.70. The summed E-state index contributed by atoms with van der Waals surface area (Å²) >= 11 is 0. The normalized spacial score (nSPS) is 17.9. The Hall–Kier alpha value is -3.02. The molecule has 0 aromatic carbocycles. The first-order valence-corrected chi connectivity index (χ1v) is 11.3. The summed E-state index contributed by atoms with van der Waals surface area (Å²) < 4.78 is 33.8. The summed E-state index contributed by atoms with van der Waals surface area (Å²) in [4.78, 5) is 23.9. The minimum Gasteiger partial charge on any atom is -0.449 e. The number of likely N-dealkylation sites (tertiary alicyclic amines) is 1. The highest BCUT2D eigenvalue weighted by molar-refractivity contribution is 5.68. The Balaban J connectivity index is 1.35. The monoisotopic (exact) mass is 464 g/mol. The number of piperidine rings is 1. The van der Waals surface area contributed by atoms with Crippen molar-refractivity contribution in [3.05, 3.63) is 24.2 Å². The van der Waals surface area contributed by atoms with E-state index >= 15 is 0 Å². The van der Waals surface area contributed by atoms with Gasteiger partial charge in [0, 0.05) is 32.0 Å². The maximum Gasteiger partial charge on any atom is 0.409 e. The van der Waals surface area contributed by atoms with Crippen molar-refractivity contribution < 1.29 is 18.3 Å². The van der Waals surface area contributed by atoms with Crippen LogP contribution in [-0.4, -0.2) is 82.0 Å². The lowest BCUT2D eigenvalue weighted by atomic mass is 10.1. The standard InChI is InChI=1S/C21H30F2N8O2/c1-29-9-4-16(5-10-29)31-14-15(12-26-31)27-20-25-13-17(18(22)23)19(28-20)24-6-2-7-30-8-3-11-33-21(30)32/h12-14,16,18H,2-11H2,1H3,(H2,24,25,27,28). The average molecular weight is 465 g/mol. The predicted molar refractivity (Wildman–Crippen MR) is 119 cm³/mol. The fourth-order valence-electron chi connectivity index (χ4n) is 4.02. The molecule has 0 saturated carbocycles. The molecule has 0 bridgehead atoms. The number of nitrogens with one attached hydrogen (secondary N) is 2. The molecule has 2 aliphatic rings. The van der Waals surface area contributed by atoms with Gasteiger partial charge in [0.2, 0.25) is 5.95 Å². The highest BCUT2D eigenvalue weighted by Gasteiger charge is 2.21. The lowest BCUT2D eigenvalue weighted by molar-refractivity contribution is 0.0729. The van der Waals surface area contributed by atoms with Crippen LogP contribution in [0.3, 0.4) is 0 Å². The summed E-state index contributed by atoms with van der Waals surface area (Å²) in [5.74, 6) is 0.288. The van der Waals surface area contributed by atoms with Crippen LogP contribution in [0, 0.1) is 0 Å². The van der Waals surface area contributed by atoms with Gasteiger partial charge >= 0.3 is 6.09 Å². The molecule has 0 unspecified atom stereocenters. The van der Waals surface area contributed by atoms with E-state index in [0.29, 0.717) is 44.4 Å². The SMILES string of the molecule is CN1CCC(n2cc(Nc3ncc(C(F)F)c(NCCCN4CCCOC4=O)n3)cn2)CC1. The van der Waals surface area contributed by atoms with Crippen molar-refractivity contribution in [2.45, 2.75) is 38.2 Å². The first-order chi connectivity index (χ1) is 16.0. The zero-order chi connectivity index (χ0) is 23.2. The number of alkyl halides is 2. The van der Waals surface area contributed by atoms with E-state index in [1.54, 1.807) is 11.1 Å². The van der Waals surface area contributed by atoms with E-state index in [1.165, 1.54) is 0 Å². The van der Waals surface area contributed by atoms with Gasteiger partial charge < -0.3 is 25.2 Å². The van der Waals surface area contributed by atoms with Crippen LogP contribution in [0.2, 0.25) is 0 Å². The lowest BCUT2D eigenvalue weighted by Gasteiger charge is -2.28. The Bertz CT molecular complexity index is 933. The number of aromatic nitrogens is 4. The number of halogens is 2. The number of amides is 1. The molecule has 2 aromatic rings. The third kappa shape index (κ3) is 6.06. The molecule has 10 nitrogen and oxygen atoms in total. The van der Waals surface area contributed by atoms with Crippen molar-refractivity contribution in [3.63, 3.8) is 0 Å². The number of anilines is 3. The molecule has 0 aliphatic carbocycles. The molecule has 2 N–H and O–H groups in total. The maximum absolute atomic E-state index is 13.4. The van der Waals surface area contributed by atoms with Crippen LogP contribution in [0.4, 0.5) is 31.0 Å². The highest BCUT2D eigenvalue weighted by Crippen LogP contribution is 2.27. The van der Waals surface area contributed by atoms with Crippen molar-refractivity contribution in [1.82, 2.24) is 29.5 Å². The number of carbonyl (C=O) groups excluding carboxylic acids is 1. The van der Waals surface area contributed by atoms with Crippen LogP contribution in [0.1, 0.15) is 43.7 Å². The molecular weight excluding hydrogens is 434 g/mol. The van der Waals surface area contributed by atoms with Crippen LogP contribution in [0.5, 0.6) is 0 Å². The first-order valence-electron chi connectivity index (χ1n) is 11.3. The maximum atomic E-state index is 13.4. The Morgan fingerprint density at radius 1 is 1.24 bits per heavy atom. The van der Waals surface area contributed by atoms with Crippen molar-refractivity contribution in [2.75, 3.05) is 57.0 Å². The van der Waals surface area contributed by atoms with Crippen LogP contribution in [-0.2, 0) is 4.74 Å². The van der Waals surface area contributed by atoms with Crippen molar-refractivity contribution in [3.8, 4) is 0 Å². The molecule has 1 amide bonds. The third-order valence-corrected chi connectivity index (χ3v) is 5.93. The van der Waals surface area contributed by atoms with Gasteiger partial charge in [-0.15, -0.1) is 0 Å². The number of nitrogens with zero attached hydrogens (tertiary/aromatic N) is 6. The Labute approximate surface area is 191 Å². The molecule has 2 fully saturated rings. The van der Waals surface area contributed by atoms with Crippen LogP contribution < -0.4 is 10.6 Å². The molecule has 0 radical (unpaired) electrons. The van der Waals surface area contributed by atoms with Gasteiger partial charge in [-0.25, -0.2) is 18.6 Å². The molecule has 2 saturated heterocycles. The molecular formula is C21H30F2N8O2. The fraction of sp³-hybridized carbons (Fsp3) is 0.619. The summed E-state index contributed by atoms with van der Waals surface area (Å²) in [6, 6.07) is 0.341. The Morgan fingerprint density at radius 3 is 2.82 bits per heavy atom. The van der Waals surface area contributed by atoms with Gasteiger partial charge in [-0.2, -0.15) is 10.1 Å². The van der Waals surface area contributed by atoms with Crippen LogP contribution >= 0.6 is 0 Å². The molecule has 0 atom stereocenters. The van der Waals surface area contributed by atoms with Crippen LogP contribution in [0.15, 0.2) is 18.6 Å². The summed E-state index contributed by atoms with van der Waals surface area (Å²) in [6.45, 7) is 4.02. The molecule has 33 heavy (non-hydrogen) atoms. The molecule has 2 aliphatic heterocycles. The molecule has 180 valence electrons. The molecule has 4 rings (SSSR count). The summed E-state index contributed by atoms with van der Waals surface area (Å²) in [5.41, 5.74) is 0.438. The molecule has 4 heterocycles. The van der Waals surface area contributed by atoms with Crippen molar-refractivity contribution >= 4 is 23.5 Å². The van der Waals surface area contributed by atoms with Crippen molar-refractivity contribution in [2.24, 2.45) is 0 Å². The number of cyclic esters (lactones) is 1. The van der Waals surface area contributed by atoms with E-state index in [4.69, 9.17) is 4.74 Å². The molecule has 2 aromatic heterocycles. The van der Waals surface area contributed by atoms with E-state index in [2.05, 4.69) is 37.6 Å². The fourth-order valence-corrected chi connectivity index (χ4v) is 4.02. The summed E-state index contributed by atoms with van der Waals surface area (Å²) in [6.07, 6.45) is 5.11. The second kappa shape index (κ2) is 10.7. The van der Waals surface area contributed by atoms with Gasteiger partial charge in [0.25, 0.3) is 6.43 Å². The number of ether oxygens (including phenoxy) is 1. The quantitative estimate of drug-likeness (QED) is 0.546. The highest BCUT2D eigenvalue weighted by atomic mass is 19.3. The largest absolute Gasteiger partial charge is 0.449 e. The van der Waals surface area contributed by atoms with Gasteiger partial charge in [0.1, 0.15) is 5.82 Å². The first kappa shape index (κ1) is 23.1. The zero-order valence-electron chi connectivity index (χ0n) is 18.7. The number of hydrogen-bond donors (Lipinski definition) is 2. The lowest BCUT2D eigenvalue weighted by Crippen LogP contribution is -2.38. The summed E-state index contributed by atoms with van der Waals surface area (Å²) in [7, 11) is 2.11. The predicted octanol–water partition coefficient (Wildman–Crippen LogP) is 3.27. The van der Waals surface area contributed by atoms with E-state index < -0.39 is 6.43 Å². The minimum absolute atomic E-state index is 0.0754. The van der Waals surface area contributed by atoms with E-state index in [-0.39, 0.29) is 23.4 Å². The number of carbonyl (C=O) groups is 1. The summed E-state index contributed by atoms with van der Waals surface area (Å²) in [5, 5.41) is 10.5. The van der Waals surface area contributed by atoms with E-state index in [1.807, 2.05) is 10.9 Å². The molecule has 0 spiro atoms. The topological polar surface area (TPSA) is 100 Å². The van der Waals surface area contributed by atoms with Crippen molar-refractivity contribution in [1.29, 1.82) is 0 Å². The molecule has 12 heteroatoms. The Morgan fingerprint density at radius 2 is 2.06 bits per heavy atom. The van der Waals surface area contributed by atoms with Gasteiger partial charge in [-0.3, -0.25) is 4.68 Å². The Kier molecular flexibility index (Phi) is 7.53. The number of rotatable bonds is 9. The zero-order valence-corrected chi connectivity index (χ0v) is 18.7. The van der Waals surface area contributed by atoms with Crippen LogP contribution in [0.25, 0.3) is 0 Å². The van der Waals surface area contributed by atoms with Gasteiger partial charge in [0.15, 0.2) is 0 Å². The van der Waals surface area contributed by atoms with Gasteiger partial charge in [0.05, 0.1) is 30.1 Å². The average Bonchev–Trinajstić information content (AvgIpc) is 3.26. The van der Waals surface area contributed by atoms with E-state index in [0.717, 1.165) is 38.5 Å². The third-order valence-electron chi connectivity index (χ3n) is 5.93. The smallest absolute Gasteiger partial charge is 0.409 e. The second-order valence-corrected chi connectivity index (χ2v) is 8.40. The van der Waals surface area contributed by atoms with Gasteiger partial charge in [-0.05, 0) is 45.8 Å².